The van der Waals surface area contributed by atoms with E-state index in [4.69, 9.17) is 0 Å². The SMILES string of the molecule is Cc1ccc(NC(=O)CN(C)[C@H](c2ccccc2)c2ccc(F)cc2)cc1C. The first-order valence-electron chi connectivity index (χ1n) is 9.32. The molecule has 0 saturated carbocycles. The second-order valence-electron chi connectivity index (χ2n) is 7.13. The van der Waals surface area contributed by atoms with Crippen LogP contribution in [0.2, 0.25) is 0 Å². The topological polar surface area (TPSA) is 32.3 Å². The molecule has 0 spiro atoms. The fraction of sp³-hybridized carbons (Fsp3) is 0.208. The summed E-state index contributed by atoms with van der Waals surface area (Å²) in [4.78, 5) is 14.6. The zero-order valence-corrected chi connectivity index (χ0v) is 16.4. The van der Waals surface area contributed by atoms with Gasteiger partial charge in [-0.05, 0) is 67.4 Å². The maximum atomic E-state index is 13.4. The lowest BCUT2D eigenvalue weighted by Crippen LogP contribution is -2.34. The number of hydrogen-bond acceptors (Lipinski definition) is 2. The first kappa shape index (κ1) is 19.8. The molecule has 3 aromatic rings. The lowest BCUT2D eigenvalue weighted by Gasteiger charge is -2.28. The van der Waals surface area contributed by atoms with Crippen LogP contribution in [0.25, 0.3) is 0 Å². The van der Waals surface area contributed by atoms with Gasteiger partial charge >= 0.3 is 0 Å². The number of benzene rings is 3. The fourth-order valence-corrected chi connectivity index (χ4v) is 3.32. The van der Waals surface area contributed by atoms with Crippen molar-refractivity contribution in [3.05, 3.63) is 101 Å². The molecule has 1 amide bonds. The van der Waals surface area contributed by atoms with E-state index < -0.39 is 0 Å². The maximum Gasteiger partial charge on any atom is 0.238 e. The molecule has 3 nitrogen and oxygen atoms in total. The largest absolute Gasteiger partial charge is 0.325 e. The molecular formula is C24H25FN2O. The van der Waals surface area contributed by atoms with Gasteiger partial charge in [-0.3, -0.25) is 9.69 Å². The molecule has 0 aliphatic carbocycles. The van der Waals surface area contributed by atoms with Crippen LogP contribution >= 0.6 is 0 Å². The van der Waals surface area contributed by atoms with Crippen molar-refractivity contribution in [3.63, 3.8) is 0 Å². The van der Waals surface area contributed by atoms with Crippen molar-refractivity contribution < 1.29 is 9.18 Å². The Balaban J connectivity index is 1.79. The molecule has 1 atom stereocenters. The van der Waals surface area contributed by atoms with Crippen LogP contribution in [0.3, 0.4) is 0 Å². The van der Waals surface area contributed by atoms with Crippen molar-refractivity contribution in [1.82, 2.24) is 4.90 Å². The van der Waals surface area contributed by atoms with Crippen molar-refractivity contribution in [2.24, 2.45) is 0 Å². The van der Waals surface area contributed by atoms with Gasteiger partial charge in [-0.25, -0.2) is 4.39 Å². The molecule has 3 rings (SSSR count). The summed E-state index contributed by atoms with van der Waals surface area (Å²) in [6, 6.07) is 22.1. The highest BCUT2D eigenvalue weighted by Crippen LogP contribution is 2.27. The molecule has 0 aliphatic rings. The summed E-state index contributed by atoms with van der Waals surface area (Å²) in [6.07, 6.45) is 0. The van der Waals surface area contributed by atoms with E-state index in [2.05, 4.69) is 5.32 Å². The Labute approximate surface area is 165 Å². The highest BCUT2D eigenvalue weighted by atomic mass is 19.1. The van der Waals surface area contributed by atoms with Crippen LogP contribution in [0.4, 0.5) is 10.1 Å². The van der Waals surface area contributed by atoms with Crippen LogP contribution in [0.5, 0.6) is 0 Å². The summed E-state index contributed by atoms with van der Waals surface area (Å²) < 4.78 is 13.4. The third kappa shape index (κ3) is 4.84. The highest BCUT2D eigenvalue weighted by molar-refractivity contribution is 5.92. The maximum absolute atomic E-state index is 13.4. The second kappa shape index (κ2) is 8.81. The number of nitrogens with one attached hydrogen (secondary N) is 1. The molecule has 0 heterocycles. The molecule has 0 aliphatic heterocycles. The van der Waals surface area contributed by atoms with Gasteiger partial charge in [-0.1, -0.05) is 48.5 Å². The fourth-order valence-electron chi connectivity index (χ4n) is 3.32. The number of nitrogens with zero attached hydrogens (tertiary/aromatic N) is 1. The second-order valence-corrected chi connectivity index (χ2v) is 7.13. The predicted octanol–water partition coefficient (Wildman–Crippen LogP) is 5.10. The minimum Gasteiger partial charge on any atom is -0.325 e. The van der Waals surface area contributed by atoms with Crippen molar-refractivity contribution in [1.29, 1.82) is 0 Å². The first-order chi connectivity index (χ1) is 13.4. The number of aryl methyl sites for hydroxylation is 2. The van der Waals surface area contributed by atoms with Crippen LogP contribution in [0, 0.1) is 19.7 Å². The van der Waals surface area contributed by atoms with Crippen LogP contribution < -0.4 is 5.32 Å². The monoisotopic (exact) mass is 376 g/mol. The average Bonchev–Trinajstić information content (AvgIpc) is 2.67. The summed E-state index contributed by atoms with van der Waals surface area (Å²) >= 11 is 0. The number of anilines is 1. The Morgan fingerprint density at radius 2 is 1.57 bits per heavy atom. The Bertz CT molecular complexity index is 939. The number of likely N-dealkylation sites (N-methyl/N-ethyl adjacent to an activating group) is 1. The van der Waals surface area contributed by atoms with Gasteiger partial charge in [0, 0.05) is 5.69 Å². The van der Waals surface area contributed by atoms with Crippen molar-refractivity contribution in [2.75, 3.05) is 18.9 Å². The van der Waals surface area contributed by atoms with E-state index >= 15 is 0 Å². The zero-order valence-electron chi connectivity index (χ0n) is 16.4. The number of hydrogen-bond donors (Lipinski definition) is 1. The summed E-state index contributed by atoms with van der Waals surface area (Å²) in [6.45, 7) is 4.28. The van der Waals surface area contributed by atoms with E-state index in [1.54, 1.807) is 12.1 Å². The number of carbonyl (C=O) groups is 1. The van der Waals surface area contributed by atoms with E-state index in [0.717, 1.165) is 22.4 Å². The van der Waals surface area contributed by atoms with Crippen molar-refractivity contribution in [2.45, 2.75) is 19.9 Å². The molecule has 0 unspecified atom stereocenters. The Morgan fingerprint density at radius 3 is 2.21 bits per heavy atom. The lowest BCUT2D eigenvalue weighted by atomic mass is 9.97. The predicted molar refractivity (Wildman–Crippen MR) is 112 cm³/mol. The van der Waals surface area contributed by atoms with Crippen molar-refractivity contribution in [3.8, 4) is 0 Å². The minimum absolute atomic E-state index is 0.0891. The molecule has 1 N–H and O–H groups in total. The molecule has 0 bridgehead atoms. The normalized spacial score (nSPS) is 12.0. The van der Waals surface area contributed by atoms with E-state index in [1.807, 2.05) is 74.3 Å². The Hall–Kier alpha value is -2.98. The lowest BCUT2D eigenvalue weighted by molar-refractivity contribution is -0.117. The summed E-state index contributed by atoms with van der Waals surface area (Å²) in [5, 5.41) is 2.97. The molecule has 0 saturated heterocycles. The van der Waals surface area contributed by atoms with Crippen LogP contribution in [0.1, 0.15) is 28.3 Å². The summed E-state index contributed by atoms with van der Waals surface area (Å²) in [5.74, 6) is -0.362. The van der Waals surface area contributed by atoms with Gasteiger partial charge in [-0.2, -0.15) is 0 Å². The van der Waals surface area contributed by atoms with Crippen LogP contribution in [-0.2, 0) is 4.79 Å². The van der Waals surface area contributed by atoms with Crippen LogP contribution in [-0.4, -0.2) is 24.4 Å². The van der Waals surface area contributed by atoms with E-state index in [1.165, 1.54) is 17.7 Å². The van der Waals surface area contributed by atoms with Gasteiger partial charge in [0.1, 0.15) is 5.82 Å². The molecule has 4 heteroatoms. The zero-order chi connectivity index (χ0) is 20.1. The van der Waals surface area contributed by atoms with Gasteiger partial charge in [0.15, 0.2) is 0 Å². The molecule has 0 radical (unpaired) electrons. The van der Waals surface area contributed by atoms with Gasteiger partial charge in [0.05, 0.1) is 12.6 Å². The van der Waals surface area contributed by atoms with Crippen LogP contribution in [0.15, 0.2) is 72.8 Å². The summed E-state index contributed by atoms with van der Waals surface area (Å²) in [7, 11) is 1.90. The molecule has 28 heavy (non-hydrogen) atoms. The number of rotatable bonds is 6. The minimum atomic E-state index is -0.273. The molecular weight excluding hydrogens is 351 g/mol. The molecule has 0 aromatic heterocycles. The molecule has 144 valence electrons. The van der Waals surface area contributed by atoms with Gasteiger partial charge in [-0.15, -0.1) is 0 Å². The number of halogens is 1. The number of amides is 1. The number of carbonyl (C=O) groups excluding carboxylic acids is 1. The smallest absolute Gasteiger partial charge is 0.238 e. The third-order valence-electron chi connectivity index (χ3n) is 4.93. The van der Waals surface area contributed by atoms with E-state index in [0.29, 0.717) is 0 Å². The molecule has 3 aromatic carbocycles. The molecule has 0 fully saturated rings. The van der Waals surface area contributed by atoms with Crippen molar-refractivity contribution >= 4 is 11.6 Å². The van der Waals surface area contributed by atoms with Gasteiger partial charge in [0.25, 0.3) is 0 Å². The standard InChI is InChI=1S/C24H25FN2O/c1-17-9-14-22(15-18(17)2)26-23(28)16-27(3)24(19-7-5-4-6-8-19)20-10-12-21(25)13-11-20/h4-15,24H,16H2,1-3H3,(H,26,28)/t24-/m1/s1. The highest BCUT2D eigenvalue weighted by Gasteiger charge is 2.21. The quantitative estimate of drug-likeness (QED) is 0.649. The average molecular weight is 376 g/mol. The van der Waals surface area contributed by atoms with Gasteiger partial charge < -0.3 is 5.32 Å². The third-order valence-corrected chi connectivity index (χ3v) is 4.93. The van der Waals surface area contributed by atoms with Gasteiger partial charge in [0.2, 0.25) is 5.91 Å². The summed E-state index contributed by atoms with van der Waals surface area (Å²) in [5.41, 5.74) is 5.11. The van der Waals surface area contributed by atoms with E-state index in [-0.39, 0.29) is 24.3 Å². The Morgan fingerprint density at radius 1 is 0.929 bits per heavy atom. The first-order valence-corrected chi connectivity index (χ1v) is 9.32. The Kier molecular flexibility index (Phi) is 6.22. The van der Waals surface area contributed by atoms with E-state index in [9.17, 15) is 9.18 Å².